The molecule has 2 atom stereocenters. The third-order valence-corrected chi connectivity index (χ3v) is 4.09. The van der Waals surface area contributed by atoms with Crippen molar-refractivity contribution in [3.05, 3.63) is 0 Å². The maximum atomic E-state index is 9.82. The zero-order valence-electron chi connectivity index (χ0n) is 14.2. The average molecular weight is 297 g/mol. The van der Waals surface area contributed by atoms with Crippen molar-refractivity contribution in [3.8, 4) is 6.07 Å². The Morgan fingerprint density at radius 2 is 1.95 bits per heavy atom. The van der Waals surface area contributed by atoms with Gasteiger partial charge in [-0.1, -0.05) is 0 Å². The van der Waals surface area contributed by atoms with Crippen LogP contribution in [0.2, 0.25) is 0 Å². The van der Waals surface area contributed by atoms with E-state index in [0.717, 1.165) is 25.9 Å². The van der Waals surface area contributed by atoms with Gasteiger partial charge in [-0.3, -0.25) is 10.2 Å². The lowest BCUT2D eigenvalue weighted by Crippen LogP contribution is -2.58. The quantitative estimate of drug-likeness (QED) is 0.628. The van der Waals surface area contributed by atoms with Gasteiger partial charge in [-0.05, 0) is 39.5 Å². The first-order valence-corrected chi connectivity index (χ1v) is 7.90. The normalized spacial score (nSPS) is 19.5. The fraction of sp³-hybridized carbons (Fsp3) is 0.938. The van der Waals surface area contributed by atoms with Crippen molar-refractivity contribution in [1.82, 2.24) is 10.2 Å². The fourth-order valence-electron chi connectivity index (χ4n) is 2.87. The number of nitrogens with one attached hydrogen (secondary N) is 1. The van der Waals surface area contributed by atoms with E-state index in [-0.39, 0.29) is 6.04 Å². The van der Waals surface area contributed by atoms with Crippen LogP contribution >= 0.6 is 0 Å². The summed E-state index contributed by atoms with van der Waals surface area (Å²) in [5.41, 5.74) is -0.454. The Balaban J connectivity index is 2.81. The Kier molecular flexibility index (Phi) is 7.61. The number of hydrogen-bond donors (Lipinski definition) is 1. The first kappa shape index (κ1) is 18.4. The van der Waals surface area contributed by atoms with E-state index < -0.39 is 5.54 Å². The van der Waals surface area contributed by atoms with Gasteiger partial charge in [-0.25, -0.2) is 0 Å². The molecule has 0 radical (unpaired) electrons. The van der Waals surface area contributed by atoms with Crippen LogP contribution in [0, 0.1) is 17.2 Å². The number of ether oxygens (including phenoxy) is 2. The van der Waals surface area contributed by atoms with Crippen molar-refractivity contribution in [2.24, 2.45) is 5.92 Å². The molecule has 1 fully saturated rings. The molecule has 0 heterocycles. The molecule has 0 aromatic heterocycles. The van der Waals surface area contributed by atoms with Crippen molar-refractivity contribution in [3.63, 3.8) is 0 Å². The summed E-state index contributed by atoms with van der Waals surface area (Å²) in [5, 5.41) is 13.3. The summed E-state index contributed by atoms with van der Waals surface area (Å²) in [4.78, 5) is 2.31. The van der Waals surface area contributed by atoms with Crippen molar-refractivity contribution in [2.45, 2.75) is 51.2 Å². The maximum Gasteiger partial charge on any atom is 0.122 e. The molecule has 0 amide bonds. The van der Waals surface area contributed by atoms with Gasteiger partial charge in [-0.15, -0.1) is 0 Å². The van der Waals surface area contributed by atoms with Gasteiger partial charge in [0.1, 0.15) is 5.54 Å². The van der Waals surface area contributed by atoms with Crippen LogP contribution < -0.4 is 5.32 Å². The summed E-state index contributed by atoms with van der Waals surface area (Å²) in [7, 11) is 3.43. The molecule has 1 rings (SSSR count). The molecule has 122 valence electrons. The van der Waals surface area contributed by atoms with E-state index in [1.807, 2.05) is 0 Å². The second-order valence-corrected chi connectivity index (χ2v) is 6.42. The Labute approximate surface area is 129 Å². The van der Waals surface area contributed by atoms with Gasteiger partial charge < -0.3 is 9.47 Å². The molecule has 0 spiro atoms. The second-order valence-electron chi connectivity index (χ2n) is 6.42. The maximum absolute atomic E-state index is 9.82. The van der Waals surface area contributed by atoms with Crippen LogP contribution in [0.4, 0.5) is 0 Å². The van der Waals surface area contributed by atoms with Crippen molar-refractivity contribution < 1.29 is 9.47 Å². The second kappa shape index (κ2) is 8.70. The van der Waals surface area contributed by atoms with E-state index >= 15 is 0 Å². The molecule has 0 saturated heterocycles. The van der Waals surface area contributed by atoms with Gasteiger partial charge in [0, 0.05) is 39.4 Å². The van der Waals surface area contributed by atoms with Gasteiger partial charge in [0.05, 0.1) is 19.3 Å². The van der Waals surface area contributed by atoms with Gasteiger partial charge in [0.15, 0.2) is 0 Å². The number of hydrogen-bond acceptors (Lipinski definition) is 5. The van der Waals surface area contributed by atoms with Crippen molar-refractivity contribution in [2.75, 3.05) is 40.5 Å². The number of methoxy groups -OCH3 is 2. The molecule has 1 N–H and O–H groups in total. The van der Waals surface area contributed by atoms with Gasteiger partial charge in [0.25, 0.3) is 0 Å². The molecule has 0 aromatic rings. The molecule has 5 nitrogen and oxygen atoms in total. The summed E-state index contributed by atoms with van der Waals surface area (Å²) >= 11 is 0. The highest BCUT2D eigenvalue weighted by molar-refractivity contribution is 5.17. The largest absolute Gasteiger partial charge is 0.383 e. The van der Waals surface area contributed by atoms with E-state index in [1.165, 1.54) is 0 Å². The van der Waals surface area contributed by atoms with Crippen LogP contribution in [0.15, 0.2) is 0 Å². The molecule has 0 bridgehead atoms. The summed E-state index contributed by atoms with van der Waals surface area (Å²) in [6.45, 7) is 9.22. The molecular formula is C16H31N3O2. The lowest BCUT2D eigenvalue weighted by molar-refractivity contribution is 0.0574. The topological polar surface area (TPSA) is 57.5 Å². The number of nitrogens with zero attached hydrogens (tertiary/aromatic N) is 2. The zero-order valence-corrected chi connectivity index (χ0v) is 14.2. The van der Waals surface area contributed by atoms with Crippen LogP contribution in [0.25, 0.3) is 0 Å². The number of rotatable bonds is 11. The summed E-state index contributed by atoms with van der Waals surface area (Å²) in [5.74, 6) is 0.463. The van der Waals surface area contributed by atoms with Crippen molar-refractivity contribution >= 4 is 0 Å². The van der Waals surface area contributed by atoms with E-state index in [1.54, 1.807) is 14.2 Å². The Morgan fingerprint density at radius 1 is 1.29 bits per heavy atom. The van der Waals surface area contributed by atoms with Crippen LogP contribution in [0.1, 0.15) is 33.6 Å². The summed E-state index contributed by atoms with van der Waals surface area (Å²) in [6, 6.07) is 3.15. The standard InChI is InChI=1S/C16H31N3O2/c1-13(2)18-16(11-17,15-6-7-15)12-19(8-9-20-4)14(3)10-21-5/h13-15,18H,6-10,12H2,1-5H3. The fourth-order valence-corrected chi connectivity index (χ4v) is 2.87. The third kappa shape index (κ3) is 5.55. The van der Waals surface area contributed by atoms with E-state index in [4.69, 9.17) is 9.47 Å². The minimum absolute atomic E-state index is 0.269. The monoisotopic (exact) mass is 297 g/mol. The molecule has 0 aromatic carbocycles. The van der Waals surface area contributed by atoms with Crippen LogP contribution in [-0.2, 0) is 9.47 Å². The van der Waals surface area contributed by atoms with Crippen LogP contribution in [0.5, 0.6) is 0 Å². The highest BCUT2D eigenvalue weighted by Gasteiger charge is 2.47. The zero-order chi connectivity index (χ0) is 15.9. The molecule has 1 aliphatic carbocycles. The molecule has 2 unspecified atom stereocenters. The smallest absolute Gasteiger partial charge is 0.122 e. The Hall–Kier alpha value is -0.670. The van der Waals surface area contributed by atoms with Crippen LogP contribution in [-0.4, -0.2) is 63.0 Å². The summed E-state index contributed by atoms with van der Waals surface area (Å²) < 4.78 is 10.5. The molecule has 21 heavy (non-hydrogen) atoms. The highest BCUT2D eigenvalue weighted by Crippen LogP contribution is 2.40. The van der Waals surface area contributed by atoms with Gasteiger partial charge >= 0.3 is 0 Å². The predicted octanol–water partition coefficient (Wildman–Crippen LogP) is 1.64. The summed E-state index contributed by atoms with van der Waals surface area (Å²) in [6.07, 6.45) is 2.29. The third-order valence-electron chi connectivity index (χ3n) is 4.09. The van der Waals surface area contributed by atoms with E-state index in [0.29, 0.717) is 25.2 Å². The van der Waals surface area contributed by atoms with Gasteiger partial charge in [-0.2, -0.15) is 5.26 Å². The molecule has 1 saturated carbocycles. The van der Waals surface area contributed by atoms with E-state index in [2.05, 4.69) is 37.1 Å². The SMILES string of the molecule is COCCN(CC(C#N)(NC(C)C)C1CC1)C(C)COC. The first-order chi connectivity index (χ1) is 9.99. The number of nitriles is 1. The molecule has 5 heteroatoms. The predicted molar refractivity (Wildman–Crippen MR) is 84.1 cm³/mol. The lowest BCUT2D eigenvalue weighted by atomic mass is 9.92. The van der Waals surface area contributed by atoms with Gasteiger partial charge in [0.2, 0.25) is 0 Å². The van der Waals surface area contributed by atoms with Crippen LogP contribution in [0.3, 0.4) is 0 Å². The Bertz CT molecular complexity index is 339. The minimum atomic E-state index is -0.454. The minimum Gasteiger partial charge on any atom is -0.383 e. The Morgan fingerprint density at radius 3 is 2.38 bits per heavy atom. The molecular weight excluding hydrogens is 266 g/mol. The van der Waals surface area contributed by atoms with Crippen molar-refractivity contribution in [1.29, 1.82) is 5.26 Å². The average Bonchev–Trinajstić information content (AvgIpc) is 3.26. The van der Waals surface area contributed by atoms with E-state index in [9.17, 15) is 5.26 Å². The first-order valence-electron chi connectivity index (χ1n) is 7.90. The lowest BCUT2D eigenvalue weighted by Gasteiger charge is -2.38. The highest BCUT2D eigenvalue weighted by atomic mass is 16.5. The molecule has 0 aliphatic heterocycles. The molecule has 1 aliphatic rings.